The number of esters is 1. The minimum atomic E-state index is -1.11. The second-order valence-corrected chi connectivity index (χ2v) is 15.1. The first-order valence-electron chi connectivity index (χ1n) is 18.5. The van der Waals surface area contributed by atoms with Crippen molar-refractivity contribution in [3.8, 4) is 5.75 Å². The number of halogens is 2. The molecule has 2 aromatic carbocycles. The fourth-order valence-electron chi connectivity index (χ4n) is 8.19. The molecule has 0 unspecified atom stereocenters. The zero-order valence-corrected chi connectivity index (χ0v) is 31.2. The fraction of sp³-hybridized carbons (Fsp3) is 0.579. The summed E-state index contributed by atoms with van der Waals surface area (Å²) in [4.78, 5) is 60.1. The van der Waals surface area contributed by atoms with Crippen LogP contribution in [0.4, 0.5) is 15.3 Å². The number of para-hydroxylation sites is 1. The summed E-state index contributed by atoms with van der Waals surface area (Å²) >= 11 is 12.4. The van der Waals surface area contributed by atoms with Gasteiger partial charge in [0, 0.05) is 50.9 Å². The first-order chi connectivity index (χ1) is 25.1. The molecule has 0 aromatic heterocycles. The maximum Gasteiger partial charge on any atom is 0.410 e. The van der Waals surface area contributed by atoms with Crippen LogP contribution in [0.15, 0.2) is 36.4 Å². The quantitative estimate of drug-likeness (QED) is 0.307. The van der Waals surface area contributed by atoms with Crippen LogP contribution in [-0.2, 0) is 31.9 Å². The summed E-state index contributed by atoms with van der Waals surface area (Å²) in [5, 5.41) is 13.2. The van der Waals surface area contributed by atoms with Crippen molar-refractivity contribution in [1.29, 1.82) is 0 Å². The molecule has 6 rings (SSSR count). The Morgan fingerprint density at radius 2 is 1.50 bits per heavy atom. The predicted octanol–water partition coefficient (Wildman–Crippen LogP) is 5.82. The van der Waals surface area contributed by atoms with Gasteiger partial charge in [-0.2, -0.15) is 0 Å². The average molecular weight is 759 g/mol. The van der Waals surface area contributed by atoms with Gasteiger partial charge in [0.05, 0.1) is 23.2 Å². The van der Waals surface area contributed by atoms with Gasteiger partial charge in [0.2, 0.25) is 0 Å². The van der Waals surface area contributed by atoms with Crippen LogP contribution < -0.4 is 5.32 Å². The van der Waals surface area contributed by atoms with Crippen LogP contribution in [-0.4, -0.2) is 120 Å². The van der Waals surface area contributed by atoms with E-state index in [-0.39, 0.29) is 46.2 Å². The van der Waals surface area contributed by atoms with Gasteiger partial charge in [0.1, 0.15) is 0 Å². The molecule has 4 aliphatic rings. The van der Waals surface area contributed by atoms with E-state index < -0.39 is 12.2 Å². The highest BCUT2D eigenvalue weighted by Crippen LogP contribution is 2.35. The fourth-order valence-corrected chi connectivity index (χ4v) is 8.72. The van der Waals surface area contributed by atoms with E-state index in [1.54, 1.807) is 9.80 Å². The Labute approximate surface area is 315 Å². The van der Waals surface area contributed by atoms with Crippen LogP contribution in [0.5, 0.6) is 5.75 Å². The average Bonchev–Trinajstić information content (AvgIpc) is 3.31. The number of urea groups is 1. The van der Waals surface area contributed by atoms with Crippen molar-refractivity contribution in [1.82, 2.24) is 19.6 Å². The number of aromatic hydroxyl groups is 1. The number of likely N-dealkylation sites (tertiary alicyclic amines) is 3. The number of ether oxygens (including phenoxy) is 2. The lowest BCUT2D eigenvalue weighted by atomic mass is 9.78. The maximum atomic E-state index is 14.1. The molecule has 1 atom stereocenters. The van der Waals surface area contributed by atoms with E-state index in [1.807, 2.05) is 36.1 Å². The number of anilines is 1. The third-order valence-electron chi connectivity index (χ3n) is 11.1. The molecule has 282 valence electrons. The minimum absolute atomic E-state index is 0.0248. The summed E-state index contributed by atoms with van der Waals surface area (Å²) in [6.07, 6.45) is 4.02. The Balaban J connectivity index is 1.05. The van der Waals surface area contributed by atoms with Gasteiger partial charge in [0.25, 0.3) is 5.91 Å². The number of phenolic OH excluding ortho intramolecular Hbond substituents is 1. The largest absolute Gasteiger partial charge is 0.505 e. The van der Waals surface area contributed by atoms with Crippen molar-refractivity contribution >= 4 is 52.9 Å². The molecule has 0 bridgehead atoms. The van der Waals surface area contributed by atoms with Gasteiger partial charge >= 0.3 is 18.1 Å². The summed E-state index contributed by atoms with van der Waals surface area (Å²) in [6.45, 7) is 6.74. The summed E-state index contributed by atoms with van der Waals surface area (Å²) in [6, 6.07) is 10.7. The summed E-state index contributed by atoms with van der Waals surface area (Å²) in [5.41, 5.74) is 2.50. The van der Waals surface area contributed by atoms with Gasteiger partial charge in [-0.1, -0.05) is 41.4 Å². The molecule has 2 aromatic rings. The van der Waals surface area contributed by atoms with E-state index >= 15 is 0 Å². The summed E-state index contributed by atoms with van der Waals surface area (Å²) < 4.78 is 11.1. The van der Waals surface area contributed by atoms with Crippen molar-refractivity contribution in [3.05, 3.63) is 57.6 Å². The lowest BCUT2D eigenvalue weighted by Crippen LogP contribution is -2.52. The highest BCUT2D eigenvalue weighted by atomic mass is 35.5. The first-order valence-corrected chi connectivity index (χ1v) is 19.3. The van der Waals surface area contributed by atoms with Crippen molar-refractivity contribution in [2.75, 3.05) is 64.3 Å². The molecule has 12 nitrogen and oxygen atoms in total. The Bertz CT molecular complexity index is 1580. The van der Waals surface area contributed by atoms with E-state index in [0.29, 0.717) is 76.1 Å². The van der Waals surface area contributed by atoms with Crippen LogP contribution in [0.2, 0.25) is 10.0 Å². The Morgan fingerprint density at radius 3 is 2.15 bits per heavy atom. The number of phenols is 1. The van der Waals surface area contributed by atoms with Crippen LogP contribution in [0.25, 0.3) is 0 Å². The number of fused-ring (bicyclic) bond motifs is 1. The molecule has 0 spiro atoms. The van der Waals surface area contributed by atoms with Crippen LogP contribution in [0, 0.1) is 11.8 Å². The normalized spacial score (nSPS) is 20.1. The number of carbonyl (C=O) groups is 4. The molecule has 4 aliphatic heterocycles. The highest BCUT2D eigenvalue weighted by Gasteiger charge is 2.37. The molecule has 3 fully saturated rings. The number of carbonyl (C=O) groups excluding carboxylic acids is 4. The topological polar surface area (TPSA) is 132 Å². The summed E-state index contributed by atoms with van der Waals surface area (Å²) in [7, 11) is 0. The lowest BCUT2D eigenvalue weighted by molar-refractivity contribution is -0.144. The number of benzene rings is 2. The van der Waals surface area contributed by atoms with Crippen LogP contribution in [0.1, 0.15) is 56.6 Å². The standard InChI is InChI=1S/C38H49Cl2N5O7/c1-2-51-34(46)24-42-14-7-26(8-15-42)27-9-16-43(17-10-27)36(48)33(23-25-21-30(39)35(47)31(40)22-25)52-38(50)44-18-12-29(13-19-44)45-20-11-28-5-3-4-6-32(28)41-37(45)49/h3-6,21-22,26-27,29,33,47H,2,7-20,23-24H2,1H3,(H,41,49)/t33-/m1/s1. The number of hydrogen-bond acceptors (Lipinski definition) is 8. The van der Waals surface area contributed by atoms with Gasteiger partial charge in [-0.3, -0.25) is 14.5 Å². The minimum Gasteiger partial charge on any atom is -0.505 e. The SMILES string of the molecule is CCOC(=O)CN1CCC(C2CCN(C(=O)[C@@H](Cc3cc(Cl)c(O)c(Cl)c3)OC(=O)N3CCC(N4CCc5ccccc5NC4=O)CC3)CC2)CC1. The van der Waals surface area contributed by atoms with Crippen molar-refractivity contribution in [2.45, 2.75) is 70.4 Å². The molecule has 0 radical (unpaired) electrons. The molecule has 14 heteroatoms. The maximum absolute atomic E-state index is 14.1. The number of nitrogens with one attached hydrogen (secondary N) is 1. The molecule has 52 heavy (non-hydrogen) atoms. The molecule has 0 saturated carbocycles. The van der Waals surface area contributed by atoms with Gasteiger partial charge < -0.3 is 34.6 Å². The highest BCUT2D eigenvalue weighted by molar-refractivity contribution is 6.37. The van der Waals surface area contributed by atoms with E-state index in [9.17, 15) is 24.3 Å². The second-order valence-electron chi connectivity index (χ2n) is 14.3. The zero-order chi connectivity index (χ0) is 36.8. The molecule has 4 amide bonds. The molecule has 2 N–H and O–H groups in total. The number of hydrogen-bond donors (Lipinski definition) is 2. The monoisotopic (exact) mass is 757 g/mol. The molecular weight excluding hydrogens is 709 g/mol. The molecule has 0 aliphatic carbocycles. The van der Waals surface area contributed by atoms with Crippen LogP contribution >= 0.6 is 23.2 Å². The van der Waals surface area contributed by atoms with Crippen molar-refractivity contribution in [3.63, 3.8) is 0 Å². The first kappa shape index (κ1) is 38.0. The Hall–Kier alpha value is -3.74. The summed E-state index contributed by atoms with van der Waals surface area (Å²) in [5.74, 6) is 0.311. The van der Waals surface area contributed by atoms with Crippen molar-refractivity contribution in [2.24, 2.45) is 11.8 Å². The molecule has 3 saturated heterocycles. The number of rotatable bonds is 9. The van der Waals surface area contributed by atoms with Gasteiger partial charge in [-0.25, -0.2) is 9.59 Å². The lowest BCUT2D eigenvalue weighted by Gasteiger charge is -2.41. The third-order valence-corrected chi connectivity index (χ3v) is 11.7. The molecule has 4 heterocycles. The van der Waals surface area contributed by atoms with Crippen molar-refractivity contribution < 1.29 is 33.8 Å². The second kappa shape index (κ2) is 17.4. The number of piperidine rings is 3. The van der Waals surface area contributed by atoms with Gasteiger partial charge in [-0.15, -0.1) is 0 Å². The van der Waals surface area contributed by atoms with E-state index in [4.69, 9.17) is 32.7 Å². The number of nitrogens with zero attached hydrogens (tertiary/aromatic N) is 4. The Morgan fingerprint density at radius 1 is 0.885 bits per heavy atom. The van der Waals surface area contributed by atoms with Gasteiger partial charge in [0.15, 0.2) is 11.9 Å². The van der Waals surface area contributed by atoms with E-state index in [0.717, 1.165) is 56.4 Å². The number of amides is 4. The van der Waals surface area contributed by atoms with E-state index in [1.165, 1.54) is 12.1 Å². The Kier molecular flexibility index (Phi) is 12.7. The predicted molar refractivity (Wildman–Crippen MR) is 198 cm³/mol. The van der Waals surface area contributed by atoms with E-state index in [2.05, 4.69) is 10.2 Å². The molecular formula is C38H49Cl2N5O7. The zero-order valence-electron chi connectivity index (χ0n) is 29.7. The van der Waals surface area contributed by atoms with Crippen LogP contribution in [0.3, 0.4) is 0 Å². The van der Waals surface area contributed by atoms with Gasteiger partial charge in [-0.05, 0) is 106 Å². The third kappa shape index (κ3) is 9.24. The smallest absolute Gasteiger partial charge is 0.410 e.